The smallest absolute Gasteiger partial charge is 0.0923 e. The lowest BCUT2D eigenvalue weighted by atomic mass is 9.84. The minimum Gasteiger partial charge on any atom is -0.387 e. The van der Waals surface area contributed by atoms with E-state index in [-0.39, 0.29) is 0 Å². The molecule has 0 aliphatic heterocycles. The average molecular weight is 416 g/mol. The third-order valence-electron chi connectivity index (χ3n) is 6.40. The quantitative estimate of drug-likeness (QED) is 0.396. The number of aliphatic hydroxyl groups excluding tert-OH is 1. The Morgan fingerprint density at radius 3 is 2.31 bits per heavy atom. The first kappa shape index (κ1) is 22.6. The number of halogens is 1. The van der Waals surface area contributed by atoms with Gasteiger partial charge in [-0.1, -0.05) is 63.3 Å². The second kappa shape index (κ2) is 11.3. The van der Waals surface area contributed by atoms with Crippen LogP contribution in [0.15, 0.2) is 24.3 Å². The summed E-state index contributed by atoms with van der Waals surface area (Å²) in [6, 6.07) is 8.51. The van der Waals surface area contributed by atoms with E-state index in [1.165, 1.54) is 67.9 Å². The molecule has 0 spiro atoms. The number of aliphatic hydroxyl groups is 1. The van der Waals surface area contributed by atoms with Crippen LogP contribution in [0.4, 0.5) is 0 Å². The Bertz CT molecular complexity index is 778. The van der Waals surface area contributed by atoms with Gasteiger partial charge in [0, 0.05) is 11.6 Å². The summed E-state index contributed by atoms with van der Waals surface area (Å²) in [4.78, 5) is 2.48. The maximum atomic E-state index is 11.3. The number of fused-ring (bicyclic) bond motifs is 3. The molecule has 0 amide bonds. The predicted octanol–water partition coefficient (Wildman–Crippen LogP) is 7.09. The third-order valence-corrected chi connectivity index (χ3v) is 6.64. The van der Waals surface area contributed by atoms with Gasteiger partial charge in [-0.2, -0.15) is 0 Å². The zero-order valence-electron chi connectivity index (χ0n) is 18.4. The van der Waals surface area contributed by atoms with E-state index in [2.05, 4.69) is 36.9 Å². The Labute approximate surface area is 182 Å². The molecule has 1 atom stereocenters. The SMILES string of the molecule is CCCCCN(CCCCC)C[C@H](O)c1cc2c(c3ccc(Cl)cc13)CCCC2. The van der Waals surface area contributed by atoms with Crippen LogP contribution in [0.5, 0.6) is 0 Å². The van der Waals surface area contributed by atoms with Gasteiger partial charge >= 0.3 is 0 Å². The van der Waals surface area contributed by atoms with Crippen molar-refractivity contribution in [2.24, 2.45) is 0 Å². The zero-order chi connectivity index (χ0) is 20.6. The van der Waals surface area contributed by atoms with Crippen LogP contribution in [-0.4, -0.2) is 29.6 Å². The molecule has 1 aliphatic rings. The average Bonchev–Trinajstić information content (AvgIpc) is 2.73. The van der Waals surface area contributed by atoms with Crippen LogP contribution in [-0.2, 0) is 12.8 Å². The minimum atomic E-state index is -0.466. The summed E-state index contributed by atoms with van der Waals surface area (Å²) >= 11 is 6.36. The van der Waals surface area contributed by atoms with E-state index in [0.717, 1.165) is 41.9 Å². The van der Waals surface area contributed by atoms with E-state index in [1.54, 1.807) is 0 Å². The van der Waals surface area contributed by atoms with Gasteiger partial charge in [0.2, 0.25) is 0 Å². The lowest BCUT2D eigenvalue weighted by molar-refractivity contribution is 0.111. The Hall–Kier alpha value is -1.09. The fourth-order valence-electron chi connectivity index (χ4n) is 4.76. The van der Waals surface area contributed by atoms with E-state index in [9.17, 15) is 5.11 Å². The van der Waals surface area contributed by atoms with Crippen LogP contribution in [0, 0.1) is 0 Å². The van der Waals surface area contributed by atoms with Crippen molar-refractivity contribution < 1.29 is 5.11 Å². The summed E-state index contributed by atoms with van der Waals surface area (Å²) < 4.78 is 0. The van der Waals surface area contributed by atoms with Gasteiger partial charge < -0.3 is 10.0 Å². The van der Waals surface area contributed by atoms with Crippen molar-refractivity contribution in [2.75, 3.05) is 19.6 Å². The molecule has 3 rings (SSSR count). The molecule has 1 aliphatic carbocycles. The molecular formula is C26H38ClNO. The molecule has 0 saturated heterocycles. The Morgan fingerprint density at radius 1 is 0.931 bits per heavy atom. The van der Waals surface area contributed by atoms with Gasteiger partial charge in [0.15, 0.2) is 0 Å². The van der Waals surface area contributed by atoms with E-state index in [1.807, 2.05) is 6.07 Å². The first-order valence-electron chi connectivity index (χ1n) is 11.8. The highest BCUT2D eigenvalue weighted by molar-refractivity contribution is 6.31. The summed E-state index contributed by atoms with van der Waals surface area (Å²) in [5.41, 5.74) is 3.98. The fraction of sp³-hybridized carbons (Fsp3) is 0.615. The number of unbranched alkanes of at least 4 members (excludes halogenated alkanes) is 4. The van der Waals surface area contributed by atoms with Crippen LogP contribution in [0.25, 0.3) is 10.8 Å². The minimum absolute atomic E-state index is 0.466. The first-order valence-corrected chi connectivity index (χ1v) is 12.2. The van der Waals surface area contributed by atoms with Gasteiger partial charge in [-0.3, -0.25) is 0 Å². The number of aryl methyl sites for hydroxylation is 2. The van der Waals surface area contributed by atoms with Gasteiger partial charge in [-0.15, -0.1) is 0 Å². The second-order valence-corrected chi connectivity index (χ2v) is 9.17. The highest BCUT2D eigenvalue weighted by Crippen LogP contribution is 2.36. The molecule has 2 nitrogen and oxygen atoms in total. The van der Waals surface area contributed by atoms with Gasteiger partial charge in [0.25, 0.3) is 0 Å². The van der Waals surface area contributed by atoms with Crippen molar-refractivity contribution >= 4 is 22.4 Å². The van der Waals surface area contributed by atoms with Gasteiger partial charge in [-0.25, -0.2) is 0 Å². The standard InChI is InChI=1S/C26H38ClNO/c1-3-5-9-15-28(16-10-6-4-2)19-26(29)25-17-20-11-7-8-12-22(20)23-14-13-21(27)18-24(23)25/h13-14,17-18,26,29H,3-12,15-16,19H2,1-2H3/t26-/m0/s1. The molecule has 0 aromatic heterocycles. The number of benzene rings is 2. The summed E-state index contributed by atoms with van der Waals surface area (Å²) in [6.45, 7) is 7.38. The van der Waals surface area contributed by atoms with Crippen molar-refractivity contribution in [3.05, 3.63) is 46.0 Å². The topological polar surface area (TPSA) is 23.5 Å². The maximum absolute atomic E-state index is 11.3. The third kappa shape index (κ3) is 5.96. The molecular weight excluding hydrogens is 378 g/mol. The molecule has 0 unspecified atom stereocenters. The number of hydrogen-bond acceptors (Lipinski definition) is 2. The van der Waals surface area contributed by atoms with E-state index >= 15 is 0 Å². The van der Waals surface area contributed by atoms with Gasteiger partial charge in [0.05, 0.1) is 6.10 Å². The fourth-order valence-corrected chi connectivity index (χ4v) is 4.94. The summed E-state index contributed by atoms with van der Waals surface area (Å²) in [7, 11) is 0. The number of rotatable bonds is 11. The lowest BCUT2D eigenvalue weighted by Gasteiger charge is -2.27. The normalized spacial score (nSPS) is 15.1. The molecule has 160 valence electrons. The monoisotopic (exact) mass is 415 g/mol. The molecule has 2 aromatic carbocycles. The van der Waals surface area contributed by atoms with Crippen molar-refractivity contribution in [1.29, 1.82) is 0 Å². The zero-order valence-corrected chi connectivity index (χ0v) is 19.1. The van der Waals surface area contributed by atoms with Crippen LogP contribution in [0.2, 0.25) is 5.02 Å². The number of nitrogens with zero attached hydrogens (tertiary/aromatic N) is 1. The second-order valence-electron chi connectivity index (χ2n) is 8.73. The van der Waals surface area contributed by atoms with E-state index in [4.69, 9.17) is 11.6 Å². The largest absolute Gasteiger partial charge is 0.387 e. The van der Waals surface area contributed by atoms with Crippen LogP contribution >= 0.6 is 11.6 Å². The molecule has 1 N–H and O–H groups in total. The summed E-state index contributed by atoms with van der Waals surface area (Å²) in [5, 5.41) is 14.5. The number of hydrogen-bond donors (Lipinski definition) is 1. The van der Waals surface area contributed by atoms with Gasteiger partial charge in [-0.05, 0) is 91.2 Å². The van der Waals surface area contributed by atoms with Crippen LogP contribution in [0.1, 0.15) is 88.0 Å². The van der Waals surface area contributed by atoms with Crippen molar-refractivity contribution in [2.45, 2.75) is 84.2 Å². The predicted molar refractivity (Wildman–Crippen MR) is 126 cm³/mol. The molecule has 0 radical (unpaired) electrons. The highest BCUT2D eigenvalue weighted by atomic mass is 35.5. The molecule has 3 heteroatoms. The van der Waals surface area contributed by atoms with Gasteiger partial charge in [0.1, 0.15) is 0 Å². The molecule has 0 fully saturated rings. The summed E-state index contributed by atoms with van der Waals surface area (Å²) in [6.07, 6.45) is 11.7. The molecule has 0 bridgehead atoms. The lowest BCUT2D eigenvalue weighted by Crippen LogP contribution is -2.31. The highest BCUT2D eigenvalue weighted by Gasteiger charge is 2.21. The Morgan fingerprint density at radius 2 is 1.62 bits per heavy atom. The molecule has 2 aromatic rings. The summed E-state index contributed by atoms with van der Waals surface area (Å²) in [5.74, 6) is 0. The molecule has 0 saturated carbocycles. The Kier molecular flexibility index (Phi) is 8.84. The van der Waals surface area contributed by atoms with Crippen LogP contribution < -0.4 is 0 Å². The molecule has 0 heterocycles. The van der Waals surface area contributed by atoms with E-state index in [0.29, 0.717) is 6.54 Å². The van der Waals surface area contributed by atoms with Crippen molar-refractivity contribution in [3.63, 3.8) is 0 Å². The van der Waals surface area contributed by atoms with Crippen LogP contribution in [0.3, 0.4) is 0 Å². The Balaban J connectivity index is 1.85. The van der Waals surface area contributed by atoms with E-state index < -0.39 is 6.10 Å². The van der Waals surface area contributed by atoms with Crippen molar-refractivity contribution in [1.82, 2.24) is 4.90 Å². The first-order chi connectivity index (χ1) is 14.1. The molecule has 29 heavy (non-hydrogen) atoms. The maximum Gasteiger partial charge on any atom is 0.0923 e. The van der Waals surface area contributed by atoms with Crippen molar-refractivity contribution in [3.8, 4) is 0 Å².